The Morgan fingerprint density at radius 1 is 0.800 bits per heavy atom. The lowest BCUT2D eigenvalue weighted by Crippen LogP contribution is -2.57. The Balaban J connectivity index is 0.000000509. The molecule has 35 heavy (non-hydrogen) atoms. The van der Waals surface area contributed by atoms with Crippen LogP contribution >= 0.6 is 0 Å². The summed E-state index contributed by atoms with van der Waals surface area (Å²) in [6, 6.07) is 31.4. The minimum absolute atomic E-state index is 0.178. The topological polar surface area (TPSA) is 94.9 Å². The molecule has 4 rings (SSSR count). The van der Waals surface area contributed by atoms with Crippen LogP contribution in [0.3, 0.4) is 0 Å². The summed E-state index contributed by atoms with van der Waals surface area (Å²) in [5.74, 6) is -3.47. The van der Waals surface area contributed by atoms with Gasteiger partial charge in [0.15, 0.2) is 0 Å². The molecule has 7 nitrogen and oxygen atoms in total. The van der Waals surface area contributed by atoms with E-state index in [0.29, 0.717) is 4.48 Å². The fraction of sp³-hybridized carbons (Fsp3) is 0.250. The second-order valence-electron chi connectivity index (χ2n) is 8.50. The van der Waals surface area contributed by atoms with E-state index in [1.165, 1.54) is 5.56 Å². The third kappa shape index (κ3) is 6.20. The minimum Gasteiger partial charge on any atom is -0.473 e. The number of likely N-dealkylation sites (tertiary alicyclic amines) is 1. The zero-order valence-electron chi connectivity index (χ0n) is 19.8. The van der Waals surface area contributed by atoms with Gasteiger partial charge in [0.25, 0.3) is 0 Å². The fourth-order valence-corrected chi connectivity index (χ4v) is 4.78. The van der Waals surface area contributed by atoms with Crippen molar-refractivity contribution in [3.63, 3.8) is 0 Å². The molecule has 0 spiro atoms. The van der Waals surface area contributed by atoms with Gasteiger partial charge in [0.2, 0.25) is 0 Å². The van der Waals surface area contributed by atoms with Crippen molar-refractivity contribution in [2.45, 2.75) is 25.8 Å². The molecule has 3 aromatic carbocycles. The van der Waals surface area contributed by atoms with E-state index < -0.39 is 11.9 Å². The molecule has 3 aromatic rings. The van der Waals surface area contributed by atoms with Crippen molar-refractivity contribution in [1.82, 2.24) is 9.38 Å². The van der Waals surface area contributed by atoms with Gasteiger partial charge in [0.05, 0.1) is 13.5 Å². The van der Waals surface area contributed by atoms with Gasteiger partial charge in [-0.15, -0.1) is 0 Å². The van der Waals surface area contributed by atoms with Crippen LogP contribution in [0.15, 0.2) is 91.0 Å². The molecule has 1 amide bonds. The molecule has 0 radical (unpaired) electrons. The Hall–Kier alpha value is -3.81. The molecule has 0 unspecified atom stereocenters. The molecule has 2 N–H and O–H groups in total. The van der Waals surface area contributed by atoms with Crippen LogP contribution in [0.1, 0.15) is 18.9 Å². The number of rotatable bonds is 6. The maximum atomic E-state index is 13.3. The highest BCUT2D eigenvalue weighted by Crippen LogP contribution is 2.40. The van der Waals surface area contributed by atoms with Crippen LogP contribution in [-0.2, 0) is 20.8 Å². The van der Waals surface area contributed by atoms with E-state index in [1.807, 2.05) is 36.4 Å². The first-order valence-corrected chi connectivity index (χ1v) is 11.6. The quantitative estimate of drug-likeness (QED) is 0.407. The molecule has 0 aromatic heterocycles. The van der Waals surface area contributed by atoms with E-state index in [-0.39, 0.29) is 11.9 Å². The summed E-state index contributed by atoms with van der Waals surface area (Å²) in [7, 11) is 0. The van der Waals surface area contributed by atoms with Crippen LogP contribution in [0, 0.1) is 0 Å². The number of quaternary nitrogens is 1. The van der Waals surface area contributed by atoms with E-state index in [9.17, 15) is 4.79 Å². The second-order valence-corrected chi connectivity index (χ2v) is 8.50. The molecule has 1 heterocycles. The van der Waals surface area contributed by atoms with E-state index >= 15 is 0 Å². The van der Waals surface area contributed by atoms with Gasteiger partial charge in [-0.05, 0) is 12.0 Å². The number of carbonyl (C=O) groups is 3. The van der Waals surface area contributed by atoms with Gasteiger partial charge < -0.3 is 10.2 Å². The van der Waals surface area contributed by atoms with E-state index in [0.717, 1.165) is 43.9 Å². The van der Waals surface area contributed by atoms with Gasteiger partial charge in [-0.3, -0.25) is 4.90 Å². The highest BCUT2D eigenvalue weighted by molar-refractivity contribution is 6.27. The lowest BCUT2D eigenvalue weighted by Gasteiger charge is -2.39. The maximum absolute atomic E-state index is 13.3. The number of hydrogen-bond donors (Lipinski definition) is 2. The molecule has 0 bridgehead atoms. The van der Waals surface area contributed by atoms with Crippen LogP contribution in [0.4, 0.5) is 11.4 Å². The van der Waals surface area contributed by atoms with Crippen LogP contribution in [0.5, 0.6) is 0 Å². The SMILES string of the molecule is CC(=O)[N+](c1ccccc1)(c1ccccc1)[C@H]1CCN(CCc2ccccc2)C1.O=C(O)C(=O)O. The fourth-order valence-electron chi connectivity index (χ4n) is 4.78. The zero-order chi connectivity index (χ0) is 25.3. The standard InChI is InChI=1S/C26H29N2O.C2H2O4/c1-22(29)28(24-13-7-3-8-14-24,25-15-9-4-10-16-25)26-18-20-27(21-26)19-17-23-11-5-2-6-12-23;3-1(4)2(5)6/h2-16,26H,17-21H2,1H3;(H,3,4)(H,5,6)/q+1;/t26-;/m0./s1. The molecular weight excluding hydrogens is 444 g/mol. The molecule has 1 aliphatic heterocycles. The summed E-state index contributed by atoms with van der Waals surface area (Å²) in [6.07, 6.45) is 2.06. The predicted octanol–water partition coefficient (Wildman–Crippen LogP) is 4.34. The van der Waals surface area contributed by atoms with Crippen molar-refractivity contribution >= 4 is 29.2 Å². The molecule has 1 aliphatic rings. The minimum atomic E-state index is -1.82. The summed E-state index contributed by atoms with van der Waals surface area (Å²) in [5, 5.41) is 14.8. The van der Waals surface area contributed by atoms with Crippen molar-refractivity contribution in [2.24, 2.45) is 0 Å². The Bertz CT molecular complexity index is 1070. The molecule has 7 heteroatoms. The highest BCUT2D eigenvalue weighted by Gasteiger charge is 2.48. The number of nitrogens with zero attached hydrogens (tertiary/aromatic N) is 2. The largest absolute Gasteiger partial charge is 0.473 e. The lowest BCUT2D eigenvalue weighted by molar-refractivity contribution is -0.159. The van der Waals surface area contributed by atoms with E-state index in [4.69, 9.17) is 19.8 Å². The number of amides is 1. The third-order valence-corrected chi connectivity index (χ3v) is 6.36. The van der Waals surface area contributed by atoms with Gasteiger partial charge in [-0.2, -0.15) is 4.48 Å². The van der Waals surface area contributed by atoms with Crippen molar-refractivity contribution in [1.29, 1.82) is 0 Å². The average molecular weight is 476 g/mol. The number of carbonyl (C=O) groups excluding carboxylic acids is 1. The zero-order valence-corrected chi connectivity index (χ0v) is 19.8. The Kier molecular flexibility index (Phi) is 8.89. The van der Waals surface area contributed by atoms with Crippen LogP contribution in [0.25, 0.3) is 0 Å². The maximum Gasteiger partial charge on any atom is 0.414 e. The Labute approximate surface area is 205 Å². The number of carboxylic acid groups (broad SMARTS) is 2. The summed E-state index contributed by atoms with van der Waals surface area (Å²) in [4.78, 5) is 34.0. The molecule has 0 aliphatic carbocycles. The first-order chi connectivity index (χ1) is 16.9. The first kappa shape index (κ1) is 25.8. The van der Waals surface area contributed by atoms with Crippen LogP contribution in [-0.4, -0.2) is 58.6 Å². The molecule has 1 fully saturated rings. The van der Waals surface area contributed by atoms with E-state index in [2.05, 4.69) is 59.5 Å². The van der Waals surface area contributed by atoms with Crippen molar-refractivity contribution in [3.05, 3.63) is 96.6 Å². The van der Waals surface area contributed by atoms with Gasteiger partial charge >= 0.3 is 17.8 Å². The monoisotopic (exact) mass is 475 g/mol. The first-order valence-electron chi connectivity index (χ1n) is 11.6. The summed E-state index contributed by atoms with van der Waals surface area (Å²) in [5.41, 5.74) is 3.48. The van der Waals surface area contributed by atoms with E-state index in [1.54, 1.807) is 6.92 Å². The number of carboxylic acids is 2. The predicted molar refractivity (Wildman–Crippen MR) is 135 cm³/mol. The number of hydrogen-bond acceptors (Lipinski definition) is 4. The average Bonchev–Trinajstić information content (AvgIpc) is 3.34. The summed E-state index contributed by atoms with van der Waals surface area (Å²) >= 11 is 0. The molecule has 182 valence electrons. The third-order valence-electron chi connectivity index (χ3n) is 6.36. The lowest BCUT2D eigenvalue weighted by atomic mass is 10.0. The molecule has 0 saturated carbocycles. The molecule has 1 atom stereocenters. The normalized spacial score (nSPS) is 15.6. The van der Waals surface area contributed by atoms with Crippen molar-refractivity contribution < 1.29 is 24.6 Å². The molecule has 1 saturated heterocycles. The van der Waals surface area contributed by atoms with Crippen molar-refractivity contribution in [3.8, 4) is 0 Å². The highest BCUT2D eigenvalue weighted by atomic mass is 16.4. The number of aliphatic carboxylic acids is 2. The Morgan fingerprint density at radius 2 is 1.26 bits per heavy atom. The van der Waals surface area contributed by atoms with Gasteiger partial charge in [-0.1, -0.05) is 66.7 Å². The summed E-state index contributed by atoms with van der Waals surface area (Å²) in [6.45, 7) is 4.73. The smallest absolute Gasteiger partial charge is 0.414 e. The number of benzene rings is 3. The van der Waals surface area contributed by atoms with Crippen LogP contribution < -0.4 is 4.48 Å². The molecular formula is C28H31N2O5+. The van der Waals surface area contributed by atoms with Gasteiger partial charge in [0.1, 0.15) is 17.4 Å². The Morgan fingerprint density at radius 3 is 1.69 bits per heavy atom. The van der Waals surface area contributed by atoms with Crippen molar-refractivity contribution in [2.75, 3.05) is 19.6 Å². The van der Waals surface area contributed by atoms with Gasteiger partial charge in [-0.25, -0.2) is 14.4 Å². The summed E-state index contributed by atoms with van der Waals surface area (Å²) < 4.78 is 0.295. The second kappa shape index (κ2) is 12.1. The number of para-hydroxylation sites is 2. The van der Waals surface area contributed by atoms with Gasteiger partial charge in [0, 0.05) is 43.8 Å². The van der Waals surface area contributed by atoms with Crippen LogP contribution in [0.2, 0.25) is 0 Å².